The van der Waals surface area contributed by atoms with Crippen LogP contribution in [0.4, 0.5) is 0 Å². The molecule has 0 saturated heterocycles. The van der Waals surface area contributed by atoms with Crippen molar-refractivity contribution in [2.45, 2.75) is 20.0 Å². The predicted octanol–water partition coefficient (Wildman–Crippen LogP) is 4.88. The van der Waals surface area contributed by atoms with Crippen molar-refractivity contribution in [3.63, 3.8) is 0 Å². The van der Waals surface area contributed by atoms with Crippen molar-refractivity contribution in [3.05, 3.63) is 76.9 Å². The summed E-state index contributed by atoms with van der Waals surface area (Å²) in [5, 5.41) is 0.635. The number of halogens is 1. The van der Waals surface area contributed by atoms with E-state index in [2.05, 4.69) is 39.0 Å². The molecule has 2 aromatic heterocycles. The molecule has 0 saturated carbocycles. The van der Waals surface area contributed by atoms with Crippen LogP contribution < -0.4 is 0 Å². The molecule has 2 aromatic carbocycles. The Morgan fingerprint density at radius 1 is 1.00 bits per heavy atom. The molecule has 136 valence electrons. The molecule has 27 heavy (non-hydrogen) atoms. The van der Waals surface area contributed by atoms with Crippen molar-refractivity contribution in [3.8, 4) is 11.5 Å². The molecule has 2 heterocycles. The van der Waals surface area contributed by atoms with Crippen molar-refractivity contribution in [1.82, 2.24) is 19.9 Å². The Morgan fingerprint density at radius 3 is 2.59 bits per heavy atom. The van der Waals surface area contributed by atoms with Gasteiger partial charge in [0.25, 0.3) is 0 Å². The molecule has 0 fully saturated rings. The van der Waals surface area contributed by atoms with Gasteiger partial charge in [-0.25, -0.2) is 4.98 Å². The van der Waals surface area contributed by atoms with Gasteiger partial charge in [-0.15, -0.1) is 0 Å². The predicted molar refractivity (Wildman–Crippen MR) is 106 cm³/mol. The fraction of sp³-hybridized carbons (Fsp3) is 0.190. The molecule has 0 radical (unpaired) electrons. The van der Waals surface area contributed by atoms with Gasteiger partial charge in [-0.05, 0) is 43.8 Å². The summed E-state index contributed by atoms with van der Waals surface area (Å²) in [4.78, 5) is 15.5. The maximum Gasteiger partial charge on any atom is 0.228 e. The number of hydrogen-bond acceptors (Lipinski definition) is 5. The smallest absolute Gasteiger partial charge is 0.228 e. The van der Waals surface area contributed by atoms with Crippen molar-refractivity contribution in [2.75, 3.05) is 7.05 Å². The van der Waals surface area contributed by atoms with E-state index in [-0.39, 0.29) is 0 Å². The second-order valence-electron chi connectivity index (χ2n) is 6.55. The molecule has 0 amide bonds. The van der Waals surface area contributed by atoms with E-state index < -0.39 is 0 Å². The van der Waals surface area contributed by atoms with Gasteiger partial charge in [0.2, 0.25) is 5.89 Å². The Morgan fingerprint density at radius 2 is 1.78 bits per heavy atom. The first kappa shape index (κ1) is 17.6. The third-order valence-corrected chi connectivity index (χ3v) is 4.73. The lowest BCUT2D eigenvalue weighted by Crippen LogP contribution is -2.18. The molecule has 0 atom stereocenters. The minimum Gasteiger partial charge on any atom is -0.441 e. The Kier molecular flexibility index (Phi) is 4.88. The first-order chi connectivity index (χ1) is 13.1. The van der Waals surface area contributed by atoms with E-state index in [1.54, 1.807) is 12.4 Å². The zero-order valence-electron chi connectivity index (χ0n) is 15.2. The molecule has 0 aliphatic heterocycles. The van der Waals surface area contributed by atoms with E-state index in [1.807, 2.05) is 37.3 Å². The van der Waals surface area contributed by atoms with Gasteiger partial charge in [-0.3, -0.25) is 14.9 Å². The number of aromatic nitrogens is 3. The van der Waals surface area contributed by atoms with E-state index in [0.717, 1.165) is 34.6 Å². The lowest BCUT2D eigenvalue weighted by molar-refractivity contribution is 0.313. The van der Waals surface area contributed by atoms with E-state index in [0.29, 0.717) is 17.5 Å². The Balaban J connectivity index is 1.51. The number of rotatable bonds is 5. The Labute approximate surface area is 162 Å². The van der Waals surface area contributed by atoms with Crippen LogP contribution in [-0.2, 0) is 13.1 Å². The van der Waals surface area contributed by atoms with Crippen molar-refractivity contribution < 1.29 is 4.42 Å². The van der Waals surface area contributed by atoms with E-state index >= 15 is 0 Å². The minimum absolute atomic E-state index is 0.558. The van der Waals surface area contributed by atoms with Crippen LogP contribution in [0.5, 0.6) is 0 Å². The normalized spacial score (nSPS) is 11.4. The lowest BCUT2D eigenvalue weighted by atomic mass is 10.2. The summed E-state index contributed by atoms with van der Waals surface area (Å²) in [6, 6.07) is 13.7. The van der Waals surface area contributed by atoms with Crippen LogP contribution in [0.3, 0.4) is 0 Å². The molecule has 6 heteroatoms. The van der Waals surface area contributed by atoms with Crippen LogP contribution in [0.1, 0.15) is 17.0 Å². The first-order valence-corrected chi connectivity index (χ1v) is 9.07. The van der Waals surface area contributed by atoms with E-state index in [9.17, 15) is 0 Å². The number of benzene rings is 2. The third-order valence-electron chi connectivity index (χ3n) is 4.40. The van der Waals surface area contributed by atoms with Crippen LogP contribution in [0.2, 0.25) is 5.02 Å². The average Bonchev–Trinajstić information content (AvgIpc) is 3.02. The number of hydrogen-bond donors (Lipinski definition) is 0. The summed E-state index contributed by atoms with van der Waals surface area (Å²) in [6.07, 6.45) is 3.42. The van der Waals surface area contributed by atoms with Gasteiger partial charge in [-0.2, -0.15) is 0 Å². The summed E-state index contributed by atoms with van der Waals surface area (Å²) in [6.45, 7) is 3.39. The Hall–Kier alpha value is -2.76. The van der Waals surface area contributed by atoms with Gasteiger partial charge in [-0.1, -0.05) is 29.8 Å². The van der Waals surface area contributed by atoms with E-state index in [4.69, 9.17) is 16.0 Å². The number of oxazole rings is 1. The average molecular weight is 379 g/mol. The molecular weight excluding hydrogens is 360 g/mol. The second-order valence-corrected chi connectivity index (χ2v) is 6.96. The van der Waals surface area contributed by atoms with Crippen LogP contribution in [0, 0.1) is 6.92 Å². The van der Waals surface area contributed by atoms with Gasteiger partial charge in [0.05, 0.1) is 27.3 Å². The SMILES string of the molecule is Cc1oc(-c2ccccc2Cl)nc1CN(C)Cc1ccc2nccnc2c1. The van der Waals surface area contributed by atoms with Crippen LogP contribution >= 0.6 is 11.6 Å². The maximum atomic E-state index is 6.26. The van der Waals surface area contributed by atoms with Crippen molar-refractivity contribution in [2.24, 2.45) is 0 Å². The third kappa shape index (κ3) is 3.84. The lowest BCUT2D eigenvalue weighted by Gasteiger charge is -2.15. The highest BCUT2D eigenvalue weighted by Crippen LogP contribution is 2.28. The summed E-state index contributed by atoms with van der Waals surface area (Å²) in [5.41, 5.74) is 4.71. The minimum atomic E-state index is 0.558. The molecule has 5 nitrogen and oxygen atoms in total. The molecule has 0 aliphatic rings. The fourth-order valence-corrected chi connectivity index (χ4v) is 3.27. The largest absolute Gasteiger partial charge is 0.441 e. The monoisotopic (exact) mass is 378 g/mol. The van der Waals surface area contributed by atoms with Crippen molar-refractivity contribution >= 4 is 22.6 Å². The highest BCUT2D eigenvalue weighted by molar-refractivity contribution is 6.33. The van der Waals surface area contributed by atoms with Crippen LogP contribution in [0.25, 0.3) is 22.5 Å². The Bertz CT molecular complexity index is 1090. The number of nitrogens with zero attached hydrogens (tertiary/aromatic N) is 4. The molecule has 0 aliphatic carbocycles. The molecule has 4 aromatic rings. The topological polar surface area (TPSA) is 55.1 Å². The van der Waals surface area contributed by atoms with Crippen LogP contribution in [0.15, 0.2) is 59.3 Å². The van der Waals surface area contributed by atoms with Gasteiger partial charge in [0.1, 0.15) is 5.76 Å². The second kappa shape index (κ2) is 7.47. The van der Waals surface area contributed by atoms with Gasteiger partial charge < -0.3 is 4.42 Å². The fourth-order valence-electron chi connectivity index (χ4n) is 3.06. The van der Waals surface area contributed by atoms with Crippen LogP contribution in [-0.4, -0.2) is 26.9 Å². The molecule has 0 N–H and O–H groups in total. The van der Waals surface area contributed by atoms with Crippen molar-refractivity contribution in [1.29, 1.82) is 0 Å². The molecular formula is C21H19ClN4O. The highest BCUT2D eigenvalue weighted by Gasteiger charge is 2.15. The zero-order chi connectivity index (χ0) is 18.8. The maximum absolute atomic E-state index is 6.26. The van der Waals surface area contributed by atoms with Gasteiger partial charge in [0.15, 0.2) is 0 Å². The summed E-state index contributed by atoms with van der Waals surface area (Å²) in [7, 11) is 2.06. The molecule has 4 rings (SSSR count). The molecule has 0 spiro atoms. The summed E-state index contributed by atoms with van der Waals surface area (Å²) >= 11 is 6.26. The standard InChI is InChI=1S/C21H19ClN4O/c1-14-20(25-21(27-14)16-5-3-4-6-17(16)22)13-26(2)12-15-7-8-18-19(11-15)24-10-9-23-18/h3-11H,12-13H2,1-2H3. The van der Waals surface area contributed by atoms with E-state index in [1.165, 1.54) is 5.56 Å². The molecule has 0 bridgehead atoms. The zero-order valence-corrected chi connectivity index (χ0v) is 15.9. The highest BCUT2D eigenvalue weighted by atomic mass is 35.5. The number of aryl methyl sites for hydroxylation is 1. The quantitative estimate of drug-likeness (QED) is 0.495. The number of fused-ring (bicyclic) bond motifs is 1. The van der Waals surface area contributed by atoms with Gasteiger partial charge in [0, 0.05) is 25.5 Å². The molecule has 0 unspecified atom stereocenters. The van der Waals surface area contributed by atoms with Gasteiger partial charge >= 0.3 is 0 Å². The first-order valence-electron chi connectivity index (χ1n) is 8.69. The summed E-state index contributed by atoms with van der Waals surface area (Å²) < 4.78 is 5.85. The summed E-state index contributed by atoms with van der Waals surface area (Å²) in [5.74, 6) is 1.36.